The van der Waals surface area contributed by atoms with E-state index in [1.165, 1.54) is 51.9 Å². The molecular weight excluding hydrogens is 656 g/mol. The van der Waals surface area contributed by atoms with Crippen LogP contribution in [0.5, 0.6) is 0 Å². The Balaban J connectivity index is 3.11. The van der Waals surface area contributed by atoms with Crippen LogP contribution in [0.25, 0.3) is 0 Å². The topological polar surface area (TPSA) is 145 Å². The summed E-state index contributed by atoms with van der Waals surface area (Å²) >= 11 is 0. The van der Waals surface area contributed by atoms with E-state index in [1.807, 2.05) is 0 Å². The van der Waals surface area contributed by atoms with Crippen molar-refractivity contribution in [2.24, 2.45) is 0 Å². The SMILES string of the molecule is CCCCCCCCCCCC(=O)OCCOCCOCCOCCOCCOCCOCCOCCOCCOCCOCCOC(C)=O. The minimum atomic E-state index is -0.313. The summed E-state index contributed by atoms with van der Waals surface area (Å²) in [6.07, 6.45) is 11.6. The average molecular weight is 727 g/mol. The summed E-state index contributed by atoms with van der Waals surface area (Å²) in [5.41, 5.74) is 0. The largest absolute Gasteiger partial charge is 0.463 e. The second-order valence-corrected chi connectivity index (χ2v) is 11.3. The molecule has 0 aromatic heterocycles. The molecule has 14 heteroatoms. The predicted octanol–water partition coefficient (Wildman–Crippen LogP) is 4.18. The van der Waals surface area contributed by atoms with Crippen molar-refractivity contribution in [3.63, 3.8) is 0 Å². The first kappa shape index (κ1) is 48.5. The highest BCUT2D eigenvalue weighted by atomic mass is 16.6. The molecule has 0 fully saturated rings. The van der Waals surface area contributed by atoms with Gasteiger partial charge >= 0.3 is 11.9 Å². The molecule has 0 N–H and O–H groups in total. The molecule has 0 saturated carbocycles. The number of carbonyl (C=O) groups excluding carboxylic acids is 2. The van der Waals surface area contributed by atoms with E-state index in [1.54, 1.807) is 0 Å². The van der Waals surface area contributed by atoms with Crippen molar-refractivity contribution in [3.05, 3.63) is 0 Å². The second kappa shape index (κ2) is 43.7. The first-order valence-electron chi connectivity index (χ1n) is 18.7. The molecule has 0 atom stereocenters. The summed E-state index contributed by atoms with van der Waals surface area (Å²) in [6, 6.07) is 0. The molecule has 14 nitrogen and oxygen atoms in total. The number of carbonyl (C=O) groups is 2. The van der Waals surface area contributed by atoms with E-state index < -0.39 is 0 Å². The Morgan fingerprint density at radius 3 is 0.840 bits per heavy atom. The van der Waals surface area contributed by atoms with Gasteiger partial charge in [0.05, 0.1) is 132 Å². The molecule has 0 rings (SSSR count). The summed E-state index contributed by atoms with van der Waals surface area (Å²) in [6.45, 7) is 13.5. The van der Waals surface area contributed by atoms with Gasteiger partial charge in [-0.1, -0.05) is 58.3 Å². The average Bonchev–Trinajstić information content (AvgIpc) is 3.11. The molecule has 0 heterocycles. The van der Waals surface area contributed by atoms with Crippen LogP contribution in [0.2, 0.25) is 0 Å². The molecule has 0 unspecified atom stereocenters. The van der Waals surface area contributed by atoms with E-state index in [4.69, 9.17) is 56.8 Å². The Morgan fingerprint density at radius 1 is 0.320 bits per heavy atom. The van der Waals surface area contributed by atoms with Gasteiger partial charge in [0.15, 0.2) is 0 Å². The Bertz CT molecular complexity index is 685. The molecule has 298 valence electrons. The van der Waals surface area contributed by atoms with Crippen LogP contribution in [0.15, 0.2) is 0 Å². The monoisotopic (exact) mass is 726 g/mol. The van der Waals surface area contributed by atoms with Gasteiger partial charge < -0.3 is 56.8 Å². The maximum atomic E-state index is 11.8. The van der Waals surface area contributed by atoms with E-state index in [0.29, 0.717) is 139 Å². The van der Waals surface area contributed by atoms with Crippen LogP contribution in [0, 0.1) is 0 Å². The van der Waals surface area contributed by atoms with Crippen LogP contribution in [0.1, 0.15) is 78.1 Å². The first-order chi connectivity index (χ1) is 24.7. The van der Waals surface area contributed by atoms with Gasteiger partial charge in [-0.05, 0) is 6.42 Å². The first-order valence-corrected chi connectivity index (χ1v) is 18.7. The van der Waals surface area contributed by atoms with Crippen molar-refractivity contribution in [2.45, 2.75) is 78.1 Å². The lowest BCUT2D eigenvalue weighted by Gasteiger charge is -2.09. The molecule has 50 heavy (non-hydrogen) atoms. The summed E-state index contributed by atoms with van der Waals surface area (Å²) < 4.78 is 64.3. The zero-order valence-electron chi connectivity index (χ0n) is 31.3. The smallest absolute Gasteiger partial charge is 0.305 e. The van der Waals surface area contributed by atoms with Crippen LogP contribution in [-0.4, -0.2) is 157 Å². The molecule has 0 radical (unpaired) electrons. The molecule has 0 spiro atoms. The number of hydrogen-bond donors (Lipinski definition) is 0. The zero-order chi connectivity index (χ0) is 36.3. The van der Waals surface area contributed by atoms with Gasteiger partial charge in [0.2, 0.25) is 0 Å². The third-order valence-electron chi connectivity index (χ3n) is 6.86. The van der Waals surface area contributed by atoms with E-state index in [-0.39, 0.29) is 25.2 Å². The fourth-order valence-electron chi connectivity index (χ4n) is 4.19. The lowest BCUT2D eigenvalue weighted by atomic mass is 10.1. The van der Waals surface area contributed by atoms with Crippen molar-refractivity contribution in [3.8, 4) is 0 Å². The van der Waals surface area contributed by atoms with E-state index in [0.717, 1.165) is 12.8 Å². The minimum absolute atomic E-state index is 0.140. The van der Waals surface area contributed by atoms with Crippen molar-refractivity contribution in [1.29, 1.82) is 0 Å². The van der Waals surface area contributed by atoms with Gasteiger partial charge in [-0.2, -0.15) is 0 Å². The van der Waals surface area contributed by atoms with Crippen molar-refractivity contribution in [2.75, 3.05) is 145 Å². The van der Waals surface area contributed by atoms with E-state index in [9.17, 15) is 9.59 Å². The number of ether oxygens (including phenoxy) is 12. The zero-order valence-corrected chi connectivity index (χ0v) is 31.3. The quantitative estimate of drug-likeness (QED) is 0.0654. The molecule has 0 aliphatic rings. The third kappa shape index (κ3) is 44.6. The minimum Gasteiger partial charge on any atom is -0.463 e. The maximum Gasteiger partial charge on any atom is 0.305 e. The molecule has 0 aliphatic heterocycles. The molecule has 0 amide bonds. The molecule has 0 saturated heterocycles. The third-order valence-corrected chi connectivity index (χ3v) is 6.86. The van der Waals surface area contributed by atoms with Crippen molar-refractivity contribution < 1.29 is 66.4 Å². The van der Waals surface area contributed by atoms with Gasteiger partial charge in [0, 0.05) is 13.3 Å². The van der Waals surface area contributed by atoms with Gasteiger partial charge in [-0.3, -0.25) is 9.59 Å². The molecule has 0 aromatic rings. The fourth-order valence-corrected chi connectivity index (χ4v) is 4.19. The molecule has 0 bridgehead atoms. The van der Waals surface area contributed by atoms with E-state index >= 15 is 0 Å². The van der Waals surface area contributed by atoms with E-state index in [2.05, 4.69) is 6.92 Å². The Kier molecular flexibility index (Phi) is 42.4. The standard InChI is InChI=1S/C36H70O14/c1-3-4-5-6-7-8-9-10-11-12-36(38)50-34-32-48-30-28-46-26-24-44-22-20-42-18-16-40-14-13-39-15-17-41-19-21-43-23-25-45-27-29-47-31-33-49-35(2)37/h3-34H2,1-2H3. The van der Waals surface area contributed by atoms with Crippen LogP contribution in [0.3, 0.4) is 0 Å². The number of esters is 2. The predicted molar refractivity (Wildman–Crippen MR) is 188 cm³/mol. The fraction of sp³-hybridized carbons (Fsp3) is 0.944. The number of rotatable bonds is 43. The highest BCUT2D eigenvalue weighted by Crippen LogP contribution is 2.10. The van der Waals surface area contributed by atoms with Crippen LogP contribution in [-0.2, 0) is 66.4 Å². The van der Waals surface area contributed by atoms with Crippen LogP contribution < -0.4 is 0 Å². The second-order valence-electron chi connectivity index (χ2n) is 11.3. The van der Waals surface area contributed by atoms with Crippen molar-refractivity contribution in [1.82, 2.24) is 0 Å². The lowest BCUT2D eigenvalue weighted by Crippen LogP contribution is -2.15. The number of unbranched alkanes of at least 4 members (excludes halogenated alkanes) is 8. The van der Waals surface area contributed by atoms with Gasteiger partial charge in [-0.15, -0.1) is 0 Å². The lowest BCUT2D eigenvalue weighted by molar-refractivity contribution is -0.145. The van der Waals surface area contributed by atoms with Crippen LogP contribution >= 0.6 is 0 Å². The summed E-state index contributed by atoms with van der Waals surface area (Å²) in [4.78, 5) is 22.4. The highest BCUT2D eigenvalue weighted by molar-refractivity contribution is 5.69. The van der Waals surface area contributed by atoms with Gasteiger partial charge in [-0.25, -0.2) is 0 Å². The summed E-state index contributed by atoms with van der Waals surface area (Å²) in [5, 5.41) is 0. The Hall–Kier alpha value is -1.46. The highest BCUT2D eigenvalue weighted by Gasteiger charge is 2.03. The normalized spacial score (nSPS) is 11.3. The molecule has 0 aromatic carbocycles. The Labute approximate surface area is 301 Å². The number of hydrogen-bond acceptors (Lipinski definition) is 14. The van der Waals surface area contributed by atoms with Crippen LogP contribution in [0.4, 0.5) is 0 Å². The van der Waals surface area contributed by atoms with Gasteiger partial charge in [0.25, 0.3) is 0 Å². The summed E-state index contributed by atoms with van der Waals surface area (Å²) in [7, 11) is 0. The van der Waals surface area contributed by atoms with Crippen molar-refractivity contribution >= 4 is 11.9 Å². The molecular formula is C36H70O14. The van der Waals surface area contributed by atoms with Gasteiger partial charge in [0.1, 0.15) is 13.2 Å². The summed E-state index contributed by atoms with van der Waals surface area (Å²) in [5.74, 6) is -0.453. The Morgan fingerprint density at radius 2 is 0.560 bits per heavy atom. The molecule has 0 aliphatic carbocycles. The maximum absolute atomic E-state index is 11.8.